The number of nitrogens with one attached hydrogen (secondary N) is 2. The molecular formula is C19H21N8O5S3+. The number of aromatic nitrogens is 3. The van der Waals surface area contributed by atoms with Gasteiger partial charge in [-0.1, -0.05) is 9.83 Å². The van der Waals surface area contributed by atoms with Gasteiger partial charge >= 0.3 is 5.97 Å². The standard InChI is InChI=1S/C19H20N8O5S3/c1-21-26-5-3-10(4-6-26)33-7-9-8-34-17-12(16(29)27(17)13(9)18(30)31)22-15(28)11(24-32-2)14-23-19(20)35-25-14/h3-6,12,17,21H,7-8H2,1-2H3,(H3-,20,22,23,25,28,30,31)/p+1/b24-11-/t12-,17-/m1/s1. The fourth-order valence-electron chi connectivity index (χ4n) is 3.44. The number of rotatable bonds is 9. The molecule has 2 amide bonds. The number of pyridine rings is 1. The van der Waals surface area contributed by atoms with Crippen LogP contribution in [0, 0.1) is 0 Å². The van der Waals surface area contributed by atoms with Gasteiger partial charge in [0.05, 0.1) is 7.05 Å². The summed E-state index contributed by atoms with van der Waals surface area (Å²) in [5.41, 5.74) is 8.90. The number of amides is 2. The largest absolute Gasteiger partial charge is 0.477 e. The summed E-state index contributed by atoms with van der Waals surface area (Å²) in [5.74, 6) is -1.65. The Kier molecular flexibility index (Phi) is 7.42. The summed E-state index contributed by atoms with van der Waals surface area (Å²) in [6.45, 7) is 0. The molecule has 4 rings (SSSR count). The third-order valence-electron chi connectivity index (χ3n) is 5.06. The van der Waals surface area contributed by atoms with E-state index in [2.05, 4.69) is 25.3 Å². The Morgan fingerprint density at radius 1 is 1.43 bits per heavy atom. The van der Waals surface area contributed by atoms with Crippen LogP contribution < -0.4 is 21.2 Å². The van der Waals surface area contributed by atoms with E-state index in [9.17, 15) is 19.5 Å². The maximum absolute atomic E-state index is 12.9. The van der Waals surface area contributed by atoms with E-state index in [4.69, 9.17) is 10.6 Å². The van der Waals surface area contributed by atoms with Crippen LogP contribution in [-0.4, -0.2) is 79.9 Å². The number of carbonyl (C=O) groups excluding carboxylic acids is 2. The van der Waals surface area contributed by atoms with E-state index in [1.54, 1.807) is 11.7 Å². The molecule has 2 atom stereocenters. The van der Waals surface area contributed by atoms with Crippen molar-refractivity contribution < 1.29 is 29.0 Å². The Hall–Kier alpha value is -3.37. The number of thioether (sulfide) groups is 2. The van der Waals surface area contributed by atoms with E-state index in [1.807, 2.05) is 24.5 Å². The second kappa shape index (κ2) is 10.5. The number of carboxylic acids is 1. The number of nitrogens with zero attached hydrogens (tertiary/aromatic N) is 5. The molecule has 0 bridgehead atoms. The van der Waals surface area contributed by atoms with Crippen LogP contribution in [0.2, 0.25) is 0 Å². The minimum Gasteiger partial charge on any atom is -0.477 e. The van der Waals surface area contributed by atoms with E-state index in [-0.39, 0.29) is 22.4 Å². The number of aliphatic carboxylic acids is 1. The predicted octanol–water partition coefficient (Wildman–Crippen LogP) is -0.537. The highest BCUT2D eigenvalue weighted by molar-refractivity contribution is 8.01. The van der Waals surface area contributed by atoms with Crippen LogP contribution in [0.15, 0.2) is 45.8 Å². The molecule has 0 spiro atoms. The third-order valence-corrected chi connectivity index (χ3v) is 8.04. The molecule has 0 saturated carbocycles. The molecule has 13 nitrogen and oxygen atoms in total. The van der Waals surface area contributed by atoms with Crippen molar-refractivity contribution >= 4 is 63.7 Å². The molecule has 16 heteroatoms. The Balaban J connectivity index is 1.47. The average Bonchev–Trinajstić information content (AvgIpc) is 3.29. The van der Waals surface area contributed by atoms with Gasteiger partial charge in [0.15, 0.2) is 5.13 Å². The van der Waals surface area contributed by atoms with Gasteiger partial charge in [0.2, 0.25) is 23.9 Å². The fraction of sp³-hybridized carbons (Fsp3) is 0.316. The highest BCUT2D eigenvalue weighted by atomic mass is 32.2. The number of fused-ring (bicyclic) bond motifs is 1. The fourth-order valence-corrected chi connectivity index (χ4v) is 6.24. The first-order valence-electron chi connectivity index (χ1n) is 10.1. The average molecular weight is 538 g/mol. The minimum absolute atomic E-state index is 0.0293. The van der Waals surface area contributed by atoms with E-state index in [1.165, 1.54) is 35.5 Å². The summed E-state index contributed by atoms with van der Waals surface area (Å²) in [7, 11) is 3.05. The maximum atomic E-state index is 12.9. The molecule has 1 fully saturated rings. The highest BCUT2D eigenvalue weighted by Gasteiger charge is 2.54. The molecule has 2 aliphatic rings. The first-order chi connectivity index (χ1) is 16.8. The number of oxime groups is 1. The van der Waals surface area contributed by atoms with Crippen molar-refractivity contribution in [3.05, 3.63) is 41.6 Å². The number of carboxylic acid groups (broad SMARTS) is 1. The van der Waals surface area contributed by atoms with Gasteiger partial charge in [-0.2, -0.15) is 14.8 Å². The van der Waals surface area contributed by atoms with E-state index in [0.29, 0.717) is 17.1 Å². The molecule has 5 N–H and O–H groups in total. The molecule has 0 radical (unpaired) electrons. The number of nitrogen functional groups attached to an aromatic ring is 1. The van der Waals surface area contributed by atoms with Crippen LogP contribution in [0.25, 0.3) is 0 Å². The number of hydrogen-bond acceptors (Lipinski definition) is 12. The van der Waals surface area contributed by atoms with Crippen molar-refractivity contribution in [2.45, 2.75) is 16.3 Å². The summed E-state index contributed by atoms with van der Waals surface area (Å²) in [4.78, 5) is 48.6. The van der Waals surface area contributed by atoms with Crippen molar-refractivity contribution in [3.8, 4) is 0 Å². The van der Waals surface area contributed by atoms with Crippen molar-refractivity contribution in [3.63, 3.8) is 0 Å². The topological polar surface area (TPSA) is 176 Å². The lowest BCUT2D eigenvalue weighted by Gasteiger charge is -2.49. The van der Waals surface area contributed by atoms with Crippen LogP contribution in [0.4, 0.5) is 5.13 Å². The van der Waals surface area contributed by atoms with Crippen molar-refractivity contribution in [1.82, 2.24) is 19.6 Å². The van der Waals surface area contributed by atoms with Gasteiger partial charge in [-0.25, -0.2) is 4.79 Å². The van der Waals surface area contributed by atoms with Gasteiger partial charge < -0.3 is 21.0 Å². The van der Waals surface area contributed by atoms with Gasteiger partial charge in [-0.15, -0.1) is 23.5 Å². The summed E-state index contributed by atoms with van der Waals surface area (Å²) in [5, 5.41) is 15.7. The van der Waals surface area contributed by atoms with Gasteiger partial charge in [0.25, 0.3) is 11.8 Å². The van der Waals surface area contributed by atoms with Crippen LogP contribution in [0.5, 0.6) is 0 Å². The van der Waals surface area contributed by atoms with Gasteiger partial charge in [-0.3, -0.25) is 14.5 Å². The molecule has 184 valence electrons. The molecule has 1 saturated heterocycles. The number of nitrogens with two attached hydrogens (primary N) is 1. The highest BCUT2D eigenvalue weighted by Crippen LogP contribution is 2.41. The monoisotopic (exact) mass is 537 g/mol. The smallest absolute Gasteiger partial charge is 0.352 e. The Labute approximate surface area is 211 Å². The lowest BCUT2D eigenvalue weighted by atomic mass is 10.0. The van der Waals surface area contributed by atoms with E-state index in [0.717, 1.165) is 16.4 Å². The molecule has 2 aromatic rings. The molecular weight excluding hydrogens is 516 g/mol. The molecule has 0 aromatic carbocycles. The normalized spacial score (nSPS) is 19.7. The number of hydrogen-bond donors (Lipinski definition) is 4. The Morgan fingerprint density at radius 3 is 2.77 bits per heavy atom. The molecule has 0 aliphatic carbocycles. The minimum atomic E-state index is -1.19. The van der Waals surface area contributed by atoms with Gasteiger partial charge in [0.1, 0.15) is 24.2 Å². The van der Waals surface area contributed by atoms with Crippen LogP contribution in [0.1, 0.15) is 5.82 Å². The summed E-state index contributed by atoms with van der Waals surface area (Å²) >= 11 is 3.75. The summed E-state index contributed by atoms with van der Waals surface area (Å²) in [6, 6.07) is 2.89. The number of β-lactam (4-membered cyclic amide) rings is 1. The number of anilines is 1. The zero-order chi connectivity index (χ0) is 25.1. The zero-order valence-corrected chi connectivity index (χ0v) is 20.9. The lowest BCUT2D eigenvalue weighted by molar-refractivity contribution is -0.647. The molecule has 2 aromatic heterocycles. The van der Waals surface area contributed by atoms with Crippen LogP contribution in [-0.2, 0) is 19.2 Å². The molecule has 2 aliphatic heterocycles. The zero-order valence-electron chi connectivity index (χ0n) is 18.5. The molecule has 35 heavy (non-hydrogen) atoms. The molecule has 0 unspecified atom stereocenters. The number of carbonyl (C=O) groups is 3. The summed E-state index contributed by atoms with van der Waals surface area (Å²) in [6.07, 6.45) is 3.70. The maximum Gasteiger partial charge on any atom is 0.352 e. The van der Waals surface area contributed by atoms with Crippen LogP contribution in [0.3, 0.4) is 0 Å². The first kappa shape index (κ1) is 24.7. The SMILES string of the molecule is CN[n+]1ccc(SCC2=C(C(=O)O)N3C(=O)[C@@H](NC(=O)/C(=N\OC)c4nsc(N)n4)[C@H]3SC2)cc1. The van der Waals surface area contributed by atoms with Gasteiger partial charge in [0, 0.05) is 40.1 Å². The Bertz CT molecular complexity index is 1220. The quantitative estimate of drug-likeness (QED) is 0.106. The second-order valence-electron chi connectivity index (χ2n) is 7.15. The van der Waals surface area contributed by atoms with Crippen molar-refractivity contribution in [1.29, 1.82) is 0 Å². The van der Waals surface area contributed by atoms with E-state index < -0.39 is 29.2 Å². The first-order valence-corrected chi connectivity index (χ1v) is 12.9. The van der Waals surface area contributed by atoms with E-state index >= 15 is 0 Å². The molecule has 4 heterocycles. The van der Waals surface area contributed by atoms with Crippen LogP contribution >= 0.6 is 35.1 Å². The summed E-state index contributed by atoms with van der Waals surface area (Å²) < 4.78 is 5.73. The Morgan fingerprint density at radius 2 is 2.17 bits per heavy atom. The lowest BCUT2D eigenvalue weighted by Crippen LogP contribution is -2.71. The third kappa shape index (κ3) is 5.03. The second-order valence-corrected chi connectivity index (χ2v) is 10.1. The van der Waals surface area contributed by atoms with Gasteiger partial charge in [-0.05, 0) is 5.57 Å². The van der Waals surface area contributed by atoms with Crippen molar-refractivity contribution in [2.75, 3.05) is 36.8 Å². The van der Waals surface area contributed by atoms with Crippen molar-refractivity contribution in [2.24, 2.45) is 5.16 Å². The predicted molar refractivity (Wildman–Crippen MR) is 130 cm³/mol.